The molecule has 244 valence electrons. The summed E-state index contributed by atoms with van der Waals surface area (Å²) >= 11 is 3.86. The molecule has 4 heterocycles. The number of aromatic nitrogens is 3. The smallest absolute Gasteiger partial charge is 0.195 e. The summed E-state index contributed by atoms with van der Waals surface area (Å²) in [7, 11) is 0. The summed E-state index contributed by atoms with van der Waals surface area (Å²) in [4.78, 5) is 8.16. The van der Waals surface area contributed by atoms with Crippen molar-refractivity contribution in [2.45, 2.75) is 16.1 Å². The fourth-order valence-corrected chi connectivity index (χ4v) is 11.6. The number of rotatable bonds is 3. The Morgan fingerprint density at radius 2 is 1.21 bits per heavy atom. The normalized spacial score (nSPS) is 16.3. The Bertz CT molecular complexity index is 3090. The Kier molecular flexibility index (Phi) is 5.98. The fourth-order valence-electron chi connectivity index (χ4n) is 8.80. The minimum Gasteiger partial charge on any atom is -0.309 e. The van der Waals surface area contributed by atoms with Gasteiger partial charge in [-0.2, -0.15) is 0 Å². The van der Waals surface area contributed by atoms with Gasteiger partial charge in [0.25, 0.3) is 0 Å². The molecule has 1 aliphatic carbocycles. The van der Waals surface area contributed by atoms with Crippen LogP contribution in [0.5, 0.6) is 0 Å². The first-order chi connectivity index (χ1) is 25.8. The number of thioether (sulfide) groups is 1. The third-order valence-electron chi connectivity index (χ3n) is 11.1. The second-order valence-electron chi connectivity index (χ2n) is 13.9. The van der Waals surface area contributed by atoms with Crippen LogP contribution < -0.4 is 0 Å². The predicted molar refractivity (Wildman–Crippen MR) is 221 cm³/mol. The molecule has 2 unspecified atom stereocenters. The van der Waals surface area contributed by atoms with Gasteiger partial charge >= 0.3 is 0 Å². The van der Waals surface area contributed by atoms with Gasteiger partial charge in [0.05, 0.1) is 27.8 Å². The topological polar surface area (TPSA) is 22.8 Å². The summed E-state index contributed by atoms with van der Waals surface area (Å²) in [5, 5.41) is 8.94. The fraction of sp³-hybridized carbons (Fsp3) is 0.0426. The van der Waals surface area contributed by atoms with E-state index in [0.717, 1.165) is 16.5 Å². The van der Waals surface area contributed by atoms with E-state index in [0.29, 0.717) is 5.25 Å². The maximum absolute atomic E-state index is 5.41. The summed E-state index contributed by atoms with van der Waals surface area (Å²) in [6.07, 6.45) is 4.65. The van der Waals surface area contributed by atoms with Gasteiger partial charge in [-0.05, 0) is 69.9 Å². The van der Waals surface area contributed by atoms with E-state index in [-0.39, 0.29) is 5.92 Å². The Morgan fingerprint density at radius 1 is 0.538 bits per heavy atom. The van der Waals surface area contributed by atoms with E-state index in [9.17, 15) is 0 Å². The lowest BCUT2D eigenvalue weighted by Gasteiger charge is -2.19. The molecule has 0 saturated carbocycles. The van der Waals surface area contributed by atoms with Crippen LogP contribution in [0.1, 0.15) is 22.1 Å². The number of hydrogen-bond donors (Lipinski definition) is 0. The first-order valence-corrected chi connectivity index (χ1v) is 19.5. The maximum atomic E-state index is 5.41. The average molecular weight is 700 g/mol. The number of nitrogens with zero attached hydrogens (tertiary/aromatic N) is 3. The van der Waals surface area contributed by atoms with Gasteiger partial charge in [-0.1, -0.05) is 133 Å². The lowest BCUT2D eigenvalue weighted by Crippen LogP contribution is -2.12. The van der Waals surface area contributed by atoms with Crippen molar-refractivity contribution >= 4 is 83.6 Å². The predicted octanol–water partition coefficient (Wildman–Crippen LogP) is 12.8. The summed E-state index contributed by atoms with van der Waals surface area (Å²) in [5.41, 5.74) is 11.0. The third-order valence-corrected chi connectivity index (χ3v) is 13.6. The molecule has 2 atom stereocenters. The highest BCUT2D eigenvalue weighted by molar-refractivity contribution is 8.00. The van der Waals surface area contributed by atoms with Gasteiger partial charge in [0.15, 0.2) is 5.13 Å². The van der Waals surface area contributed by atoms with Crippen LogP contribution in [0, 0.1) is 0 Å². The molecule has 7 aromatic carbocycles. The van der Waals surface area contributed by atoms with Crippen LogP contribution in [0.3, 0.4) is 0 Å². The van der Waals surface area contributed by atoms with Crippen molar-refractivity contribution in [1.82, 2.24) is 14.1 Å². The molecule has 0 saturated heterocycles. The van der Waals surface area contributed by atoms with Crippen molar-refractivity contribution in [3.05, 3.63) is 174 Å². The molecular weight excluding hydrogens is 671 g/mol. The molecule has 0 radical (unpaired) electrons. The van der Waals surface area contributed by atoms with Crippen molar-refractivity contribution in [1.29, 1.82) is 0 Å². The Balaban J connectivity index is 1.03. The van der Waals surface area contributed by atoms with Crippen molar-refractivity contribution in [2.75, 3.05) is 0 Å². The van der Waals surface area contributed by atoms with Crippen LogP contribution in [0.4, 0.5) is 0 Å². The zero-order chi connectivity index (χ0) is 33.9. The van der Waals surface area contributed by atoms with Gasteiger partial charge in [-0.3, -0.25) is 4.57 Å². The van der Waals surface area contributed by atoms with E-state index in [4.69, 9.17) is 4.98 Å². The number of para-hydroxylation sites is 3. The molecule has 0 amide bonds. The minimum atomic E-state index is 0.271. The van der Waals surface area contributed by atoms with Crippen molar-refractivity contribution in [3.63, 3.8) is 0 Å². The van der Waals surface area contributed by atoms with Crippen LogP contribution in [0.25, 0.3) is 82.4 Å². The molecule has 3 nitrogen and oxygen atoms in total. The highest BCUT2D eigenvalue weighted by Gasteiger charge is 2.39. The number of benzene rings is 7. The van der Waals surface area contributed by atoms with Crippen LogP contribution in [-0.2, 0) is 0 Å². The van der Waals surface area contributed by atoms with Crippen LogP contribution >= 0.6 is 23.1 Å². The zero-order valence-electron chi connectivity index (χ0n) is 27.9. The van der Waals surface area contributed by atoms with E-state index in [1.54, 1.807) is 0 Å². The Hall–Kier alpha value is -5.88. The van der Waals surface area contributed by atoms with E-state index in [2.05, 4.69) is 173 Å². The van der Waals surface area contributed by atoms with Crippen LogP contribution in [0.2, 0.25) is 0 Å². The summed E-state index contributed by atoms with van der Waals surface area (Å²) in [6.45, 7) is 0. The van der Waals surface area contributed by atoms with Crippen molar-refractivity contribution in [2.24, 2.45) is 0 Å². The SMILES string of the molecule is C1=CC2Sc3c(-c4ccc5ccccc5c4)cccc3C2c2sc(-n3c4ccccc4c4ccc(-n5c6ccccc6c6ccccc65)cc43)nc21. The summed E-state index contributed by atoms with van der Waals surface area (Å²) < 4.78 is 4.81. The van der Waals surface area contributed by atoms with Crippen LogP contribution in [-0.4, -0.2) is 19.4 Å². The van der Waals surface area contributed by atoms with Gasteiger partial charge < -0.3 is 4.57 Å². The second kappa shape index (κ2) is 10.8. The largest absolute Gasteiger partial charge is 0.309 e. The summed E-state index contributed by atoms with van der Waals surface area (Å²) in [5.74, 6) is 0.271. The average Bonchev–Trinajstić information content (AvgIpc) is 3.96. The monoisotopic (exact) mass is 699 g/mol. The molecule has 0 spiro atoms. The highest BCUT2D eigenvalue weighted by Crippen LogP contribution is 2.56. The third kappa shape index (κ3) is 4.00. The van der Waals surface area contributed by atoms with E-state index in [1.165, 1.54) is 80.8 Å². The molecule has 12 rings (SSSR count). The maximum Gasteiger partial charge on any atom is 0.195 e. The van der Waals surface area contributed by atoms with Gasteiger partial charge in [0.2, 0.25) is 0 Å². The highest BCUT2D eigenvalue weighted by atomic mass is 32.2. The molecule has 0 N–H and O–H groups in total. The van der Waals surface area contributed by atoms with Gasteiger partial charge in [0, 0.05) is 48.2 Å². The molecule has 3 aromatic heterocycles. The molecule has 10 aromatic rings. The zero-order valence-corrected chi connectivity index (χ0v) is 29.5. The van der Waals surface area contributed by atoms with Crippen molar-refractivity contribution in [3.8, 4) is 21.9 Å². The molecule has 5 heteroatoms. The molecular formula is C47H29N3S2. The van der Waals surface area contributed by atoms with Gasteiger partial charge in [0.1, 0.15) is 0 Å². The Morgan fingerprint density at radius 3 is 1.98 bits per heavy atom. The molecule has 52 heavy (non-hydrogen) atoms. The lowest BCUT2D eigenvalue weighted by molar-refractivity contribution is 0.859. The van der Waals surface area contributed by atoms with Crippen molar-refractivity contribution < 1.29 is 0 Å². The quantitative estimate of drug-likeness (QED) is 0.183. The minimum absolute atomic E-state index is 0.271. The number of thiazole rings is 1. The number of hydrogen-bond acceptors (Lipinski definition) is 3. The first-order valence-electron chi connectivity index (χ1n) is 17.8. The second-order valence-corrected chi connectivity index (χ2v) is 16.1. The van der Waals surface area contributed by atoms with Gasteiger partial charge in [-0.25, -0.2) is 4.98 Å². The van der Waals surface area contributed by atoms with E-state index >= 15 is 0 Å². The number of fused-ring (bicyclic) bond motifs is 12. The molecule has 2 aliphatic rings. The van der Waals surface area contributed by atoms with Gasteiger partial charge in [-0.15, -0.1) is 11.8 Å². The molecule has 0 bridgehead atoms. The Labute approximate surface area is 308 Å². The van der Waals surface area contributed by atoms with E-state index in [1.807, 2.05) is 23.1 Å². The van der Waals surface area contributed by atoms with Crippen LogP contribution in [0.15, 0.2) is 163 Å². The standard InChI is InChI=1S/C47H29N3S2/c1-2-11-29-26-30(21-20-28(29)10-1)32-15-9-16-37-44-43(51-45(32)37)25-24-38-46(44)52-47(48-38)50-41-19-8-5-14-35(41)36-23-22-31(27-42(36)50)49-39-17-6-3-12-33(39)34-13-4-7-18-40(34)49/h1-27,43-44H. The summed E-state index contributed by atoms with van der Waals surface area (Å²) in [6, 6.07) is 55.6. The van der Waals surface area contributed by atoms with E-state index < -0.39 is 0 Å². The molecule has 1 aliphatic heterocycles. The first kappa shape index (κ1) is 28.8. The lowest BCUT2D eigenvalue weighted by atomic mass is 9.88. The molecule has 0 fully saturated rings.